The maximum absolute atomic E-state index is 13.0. The highest BCUT2D eigenvalue weighted by Gasteiger charge is 2.35. The largest absolute Gasteiger partial charge is 0.487 e. The smallest absolute Gasteiger partial charge is 0.223 e. The molecule has 0 radical (unpaired) electrons. The number of carbonyl (C=O) groups is 1. The Balaban J connectivity index is 1.35. The van der Waals surface area contributed by atoms with Crippen LogP contribution < -0.4 is 10.1 Å². The summed E-state index contributed by atoms with van der Waals surface area (Å²) in [7, 11) is 0. The van der Waals surface area contributed by atoms with Crippen LogP contribution >= 0.6 is 0 Å². The SMILES string of the molecule is Cc1ccccc1CN1CCC(C(=O)N[C@@H]2CC(C)(C)Oc3ccccc32)CC1. The van der Waals surface area contributed by atoms with Gasteiger partial charge in [-0.25, -0.2) is 0 Å². The normalized spacial score (nSPS) is 21.8. The van der Waals surface area contributed by atoms with Crippen LogP contribution in [0.5, 0.6) is 5.75 Å². The molecule has 0 unspecified atom stereocenters. The number of hydrogen-bond donors (Lipinski definition) is 1. The molecule has 1 fully saturated rings. The standard InChI is InChI=1S/C25H32N2O2/c1-18-8-4-5-9-20(18)17-27-14-12-19(13-15-27)24(28)26-22-16-25(2,3)29-23-11-7-6-10-21(22)23/h4-11,19,22H,12-17H2,1-3H3,(H,26,28)/t22-/m1/s1. The fourth-order valence-corrected chi connectivity index (χ4v) is 4.60. The lowest BCUT2D eigenvalue weighted by Gasteiger charge is -2.39. The summed E-state index contributed by atoms with van der Waals surface area (Å²) in [5.74, 6) is 1.18. The van der Waals surface area contributed by atoms with Gasteiger partial charge >= 0.3 is 0 Å². The number of para-hydroxylation sites is 1. The Kier molecular flexibility index (Phi) is 5.64. The van der Waals surface area contributed by atoms with Crippen molar-refractivity contribution in [1.29, 1.82) is 0 Å². The summed E-state index contributed by atoms with van der Waals surface area (Å²) >= 11 is 0. The van der Waals surface area contributed by atoms with Crippen LogP contribution in [0.2, 0.25) is 0 Å². The number of ether oxygens (including phenoxy) is 1. The summed E-state index contributed by atoms with van der Waals surface area (Å²) in [6.07, 6.45) is 2.64. The number of rotatable bonds is 4. The van der Waals surface area contributed by atoms with Crippen LogP contribution in [-0.4, -0.2) is 29.5 Å². The average molecular weight is 393 g/mol. The van der Waals surface area contributed by atoms with E-state index in [1.165, 1.54) is 11.1 Å². The molecule has 0 bridgehead atoms. The molecule has 154 valence electrons. The van der Waals surface area contributed by atoms with Gasteiger partial charge < -0.3 is 10.1 Å². The van der Waals surface area contributed by atoms with Gasteiger partial charge in [0.15, 0.2) is 0 Å². The first-order chi connectivity index (χ1) is 13.9. The van der Waals surface area contributed by atoms with E-state index in [4.69, 9.17) is 4.74 Å². The lowest BCUT2D eigenvalue weighted by Crippen LogP contribution is -2.45. The summed E-state index contributed by atoms with van der Waals surface area (Å²) < 4.78 is 6.10. The number of aryl methyl sites for hydroxylation is 1. The molecular weight excluding hydrogens is 360 g/mol. The van der Waals surface area contributed by atoms with Crippen molar-refractivity contribution in [2.24, 2.45) is 5.92 Å². The predicted octanol–water partition coefficient (Wildman–Crippen LogP) is 4.63. The van der Waals surface area contributed by atoms with Crippen molar-refractivity contribution in [3.05, 3.63) is 65.2 Å². The van der Waals surface area contributed by atoms with Gasteiger partial charge in [0.05, 0.1) is 6.04 Å². The summed E-state index contributed by atoms with van der Waals surface area (Å²) in [5, 5.41) is 3.34. The van der Waals surface area contributed by atoms with Crippen molar-refractivity contribution in [3.8, 4) is 5.75 Å². The highest BCUT2D eigenvalue weighted by Crippen LogP contribution is 2.39. The number of piperidine rings is 1. The molecule has 29 heavy (non-hydrogen) atoms. The number of nitrogens with zero attached hydrogens (tertiary/aromatic N) is 1. The van der Waals surface area contributed by atoms with E-state index in [-0.39, 0.29) is 23.5 Å². The molecule has 1 amide bonds. The molecule has 2 aliphatic heterocycles. The van der Waals surface area contributed by atoms with Crippen LogP contribution in [0.25, 0.3) is 0 Å². The average Bonchev–Trinajstić information content (AvgIpc) is 2.69. The molecule has 0 spiro atoms. The highest BCUT2D eigenvalue weighted by atomic mass is 16.5. The fourth-order valence-electron chi connectivity index (χ4n) is 4.60. The van der Waals surface area contributed by atoms with Crippen LogP contribution in [0, 0.1) is 12.8 Å². The third-order valence-corrected chi connectivity index (χ3v) is 6.31. The maximum Gasteiger partial charge on any atom is 0.223 e. The zero-order valence-corrected chi connectivity index (χ0v) is 17.8. The van der Waals surface area contributed by atoms with Crippen molar-refractivity contribution < 1.29 is 9.53 Å². The third kappa shape index (κ3) is 4.64. The molecule has 0 aliphatic carbocycles. The zero-order chi connectivity index (χ0) is 20.4. The fraction of sp³-hybridized carbons (Fsp3) is 0.480. The van der Waals surface area contributed by atoms with Crippen LogP contribution in [0.3, 0.4) is 0 Å². The number of carbonyl (C=O) groups excluding carboxylic acids is 1. The summed E-state index contributed by atoms with van der Waals surface area (Å²) in [4.78, 5) is 15.5. The van der Waals surface area contributed by atoms with Crippen LogP contribution in [-0.2, 0) is 11.3 Å². The number of hydrogen-bond acceptors (Lipinski definition) is 3. The van der Waals surface area contributed by atoms with Gasteiger partial charge in [0.2, 0.25) is 5.91 Å². The minimum Gasteiger partial charge on any atom is -0.487 e. The van der Waals surface area contributed by atoms with E-state index in [1.807, 2.05) is 18.2 Å². The molecule has 1 N–H and O–H groups in total. The first-order valence-electron chi connectivity index (χ1n) is 10.8. The van der Waals surface area contributed by atoms with Gasteiger partial charge in [-0.3, -0.25) is 9.69 Å². The van der Waals surface area contributed by atoms with E-state index >= 15 is 0 Å². The number of fused-ring (bicyclic) bond motifs is 1. The zero-order valence-electron chi connectivity index (χ0n) is 17.8. The van der Waals surface area contributed by atoms with Gasteiger partial charge in [0.1, 0.15) is 11.4 Å². The number of benzene rings is 2. The van der Waals surface area contributed by atoms with Gasteiger partial charge in [-0.05, 0) is 63.9 Å². The van der Waals surface area contributed by atoms with E-state index in [0.29, 0.717) is 0 Å². The van der Waals surface area contributed by atoms with E-state index in [1.54, 1.807) is 0 Å². The van der Waals surface area contributed by atoms with Gasteiger partial charge in [-0.1, -0.05) is 42.5 Å². The minimum atomic E-state index is -0.275. The maximum atomic E-state index is 13.0. The molecule has 4 heteroatoms. The second-order valence-electron chi connectivity index (χ2n) is 9.14. The molecule has 2 aliphatic rings. The first kappa shape index (κ1) is 20.0. The van der Waals surface area contributed by atoms with Gasteiger partial charge in [0.25, 0.3) is 0 Å². The third-order valence-electron chi connectivity index (χ3n) is 6.31. The van der Waals surface area contributed by atoms with E-state index in [0.717, 1.165) is 50.2 Å². The van der Waals surface area contributed by atoms with Gasteiger partial charge in [0, 0.05) is 24.4 Å². The first-order valence-corrected chi connectivity index (χ1v) is 10.8. The van der Waals surface area contributed by atoms with E-state index in [2.05, 4.69) is 61.3 Å². The molecule has 0 aromatic heterocycles. The van der Waals surface area contributed by atoms with Gasteiger partial charge in [-0.15, -0.1) is 0 Å². The van der Waals surface area contributed by atoms with Crippen molar-refractivity contribution >= 4 is 5.91 Å². The molecular formula is C25H32N2O2. The van der Waals surface area contributed by atoms with Crippen LogP contribution in [0.15, 0.2) is 48.5 Å². The predicted molar refractivity (Wildman–Crippen MR) is 116 cm³/mol. The van der Waals surface area contributed by atoms with Crippen molar-refractivity contribution in [2.75, 3.05) is 13.1 Å². The van der Waals surface area contributed by atoms with Crippen molar-refractivity contribution in [2.45, 2.75) is 58.2 Å². The summed E-state index contributed by atoms with van der Waals surface area (Å²) in [6.45, 7) is 9.27. The molecule has 1 atom stereocenters. The molecule has 2 aromatic rings. The van der Waals surface area contributed by atoms with Crippen molar-refractivity contribution in [3.63, 3.8) is 0 Å². The topological polar surface area (TPSA) is 41.6 Å². The molecule has 4 rings (SSSR count). The number of nitrogens with one attached hydrogen (secondary N) is 1. The quantitative estimate of drug-likeness (QED) is 0.825. The van der Waals surface area contributed by atoms with E-state index in [9.17, 15) is 4.79 Å². The Morgan fingerprint density at radius 3 is 2.55 bits per heavy atom. The minimum absolute atomic E-state index is 0.0208. The molecule has 4 nitrogen and oxygen atoms in total. The van der Waals surface area contributed by atoms with Crippen LogP contribution in [0.1, 0.15) is 55.8 Å². The van der Waals surface area contributed by atoms with E-state index < -0.39 is 0 Å². The summed E-state index contributed by atoms with van der Waals surface area (Å²) in [6, 6.07) is 16.7. The molecule has 0 saturated carbocycles. The Hall–Kier alpha value is -2.33. The van der Waals surface area contributed by atoms with Gasteiger partial charge in [-0.2, -0.15) is 0 Å². The number of amides is 1. The second kappa shape index (κ2) is 8.19. The van der Waals surface area contributed by atoms with Crippen molar-refractivity contribution in [1.82, 2.24) is 10.2 Å². The Labute approximate surface area is 174 Å². The monoisotopic (exact) mass is 392 g/mol. The molecule has 1 saturated heterocycles. The Bertz CT molecular complexity index is 869. The lowest BCUT2D eigenvalue weighted by molar-refractivity contribution is -0.127. The Morgan fingerprint density at radius 2 is 1.79 bits per heavy atom. The highest BCUT2D eigenvalue weighted by molar-refractivity contribution is 5.79. The molecule has 2 aromatic carbocycles. The Morgan fingerprint density at radius 1 is 1.10 bits per heavy atom. The van der Waals surface area contributed by atoms with Crippen LogP contribution in [0.4, 0.5) is 0 Å². The lowest BCUT2D eigenvalue weighted by atomic mass is 9.88. The number of likely N-dealkylation sites (tertiary alicyclic amines) is 1. The molecule has 2 heterocycles. The second-order valence-corrected chi connectivity index (χ2v) is 9.14. The summed E-state index contributed by atoms with van der Waals surface area (Å²) in [5.41, 5.74) is 3.55.